The number of nitrogens with zero attached hydrogens (tertiary/aromatic N) is 1. The Morgan fingerprint density at radius 3 is 1.94 bits per heavy atom. The average Bonchev–Trinajstić information content (AvgIpc) is 2.31. The molecule has 0 amide bonds. The molecule has 0 rings (SSSR count). The van der Waals surface area contributed by atoms with E-state index in [0.717, 1.165) is 11.8 Å². The van der Waals surface area contributed by atoms with Gasteiger partial charge in [0.2, 0.25) is 0 Å². The van der Waals surface area contributed by atoms with Gasteiger partial charge in [0.25, 0.3) is 0 Å². The van der Waals surface area contributed by atoms with Crippen LogP contribution >= 0.6 is 12.6 Å². The Morgan fingerprint density at radius 2 is 1.44 bits per heavy atom. The molecule has 16 heavy (non-hydrogen) atoms. The molecule has 0 aliphatic carbocycles. The summed E-state index contributed by atoms with van der Waals surface area (Å²) < 4.78 is 0. The molecular weight excluding hydrogens is 214 g/mol. The van der Waals surface area contributed by atoms with E-state index >= 15 is 0 Å². The first-order chi connectivity index (χ1) is 7.72. The minimum absolute atomic E-state index is 0.746. The molecule has 0 heterocycles. The van der Waals surface area contributed by atoms with Gasteiger partial charge in [-0.2, -0.15) is 12.6 Å². The van der Waals surface area contributed by atoms with E-state index in [-0.39, 0.29) is 0 Å². The fraction of sp³-hybridized carbons (Fsp3) is 1.00. The lowest BCUT2D eigenvalue weighted by molar-refractivity contribution is 0.246. The largest absolute Gasteiger partial charge is 0.304 e. The maximum absolute atomic E-state index is 4.22. The minimum atomic E-state index is 0.746. The summed E-state index contributed by atoms with van der Waals surface area (Å²) in [5, 5.41) is 0. The zero-order valence-corrected chi connectivity index (χ0v) is 12.4. The van der Waals surface area contributed by atoms with Crippen LogP contribution in [0.3, 0.4) is 0 Å². The molecule has 0 fully saturated rings. The van der Waals surface area contributed by atoms with Gasteiger partial charge in [0.15, 0.2) is 0 Å². The summed E-state index contributed by atoms with van der Waals surface area (Å²) in [6.07, 6.45) is 10.9. The third-order valence-electron chi connectivity index (χ3n) is 3.51. The van der Waals surface area contributed by atoms with Crippen LogP contribution in [0.4, 0.5) is 0 Å². The number of unbranched alkanes of at least 4 members (excludes halogenated alkanes) is 6. The molecule has 0 aromatic rings. The van der Waals surface area contributed by atoms with Gasteiger partial charge < -0.3 is 4.90 Å². The zero-order chi connectivity index (χ0) is 12.2. The van der Waals surface area contributed by atoms with E-state index in [1.54, 1.807) is 0 Å². The highest BCUT2D eigenvalue weighted by Crippen LogP contribution is 2.09. The van der Waals surface area contributed by atoms with Crippen molar-refractivity contribution < 1.29 is 0 Å². The van der Waals surface area contributed by atoms with Gasteiger partial charge in [0.1, 0.15) is 0 Å². The molecule has 0 aromatic carbocycles. The Bertz CT molecular complexity index is 139. The van der Waals surface area contributed by atoms with E-state index in [4.69, 9.17) is 0 Å². The molecule has 1 nitrogen and oxygen atoms in total. The van der Waals surface area contributed by atoms with Crippen molar-refractivity contribution >= 4 is 12.6 Å². The second-order valence-corrected chi connectivity index (χ2v) is 5.38. The Labute approximate surface area is 108 Å². The molecular formula is C14H31NS. The molecule has 0 aliphatic rings. The Balaban J connectivity index is 3.14. The van der Waals surface area contributed by atoms with Crippen LogP contribution in [0, 0.1) is 0 Å². The highest BCUT2D eigenvalue weighted by atomic mass is 32.1. The van der Waals surface area contributed by atoms with Crippen LogP contribution in [0.2, 0.25) is 0 Å². The second kappa shape index (κ2) is 11.8. The fourth-order valence-corrected chi connectivity index (χ4v) is 2.11. The summed E-state index contributed by atoms with van der Waals surface area (Å²) in [5.41, 5.74) is 0. The van der Waals surface area contributed by atoms with Crippen molar-refractivity contribution in [1.29, 1.82) is 0 Å². The lowest BCUT2D eigenvalue weighted by atomic mass is 10.1. The molecule has 0 spiro atoms. The molecule has 0 saturated carbocycles. The summed E-state index contributed by atoms with van der Waals surface area (Å²) in [6, 6.07) is 0.746. The Morgan fingerprint density at radius 1 is 0.938 bits per heavy atom. The summed E-state index contributed by atoms with van der Waals surface area (Å²) in [6.45, 7) is 5.85. The quantitative estimate of drug-likeness (QED) is 0.418. The van der Waals surface area contributed by atoms with Crippen molar-refractivity contribution in [2.45, 2.75) is 71.3 Å². The van der Waals surface area contributed by atoms with Crippen LogP contribution in [0.15, 0.2) is 0 Å². The monoisotopic (exact) mass is 245 g/mol. The van der Waals surface area contributed by atoms with Crippen LogP contribution in [-0.4, -0.2) is 30.3 Å². The van der Waals surface area contributed by atoms with Crippen LogP contribution in [0.1, 0.15) is 65.2 Å². The normalized spacial score (nSPS) is 13.3. The molecule has 1 unspecified atom stereocenters. The third kappa shape index (κ3) is 9.53. The Hall–Kier alpha value is 0.310. The van der Waals surface area contributed by atoms with Crippen molar-refractivity contribution in [3.63, 3.8) is 0 Å². The zero-order valence-electron chi connectivity index (χ0n) is 11.5. The third-order valence-corrected chi connectivity index (χ3v) is 3.83. The molecule has 0 saturated heterocycles. The van der Waals surface area contributed by atoms with Gasteiger partial charge in [0.05, 0.1) is 0 Å². The van der Waals surface area contributed by atoms with Gasteiger partial charge in [-0.05, 0) is 45.5 Å². The van der Waals surface area contributed by atoms with Gasteiger partial charge in [-0.15, -0.1) is 0 Å². The standard InChI is InChI=1S/C14H31NS/c1-4-14(2)15(3)12-10-8-6-5-7-9-11-13-16/h14,16H,4-13H2,1-3H3. The number of hydrogen-bond donors (Lipinski definition) is 1. The van der Waals surface area contributed by atoms with E-state index in [1.165, 1.54) is 57.9 Å². The van der Waals surface area contributed by atoms with E-state index < -0.39 is 0 Å². The molecule has 2 heteroatoms. The van der Waals surface area contributed by atoms with Crippen molar-refractivity contribution in [3.8, 4) is 0 Å². The molecule has 0 radical (unpaired) electrons. The van der Waals surface area contributed by atoms with Crippen molar-refractivity contribution in [2.75, 3.05) is 19.3 Å². The van der Waals surface area contributed by atoms with Crippen LogP contribution in [0.5, 0.6) is 0 Å². The predicted octanol–water partition coefficient (Wildman–Crippen LogP) is 4.38. The highest BCUT2D eigenvalue weighted by molar-refractivity contribution is 7.80. The van der Waals surface area contributed by atoms with Gasteiger partial charge in [-0.25, -0.2) is 0 Å². The molecule has 0 N–H and O–H groups in total. The molecule has 1 atom stereocenters. The predicted molar refractivity (Wildman–Crippen MR) is 78.6 cm³/mol. The van der Waals surface area contributed by atoms with Crippen LogP contribution < -0.4 is 0 Å². The molecule has 0 bridgehead atoms. The van der Waals surface area contributed by atoms with Gasteiger partial charge in [-0.1, -0.05) is 39.0 Å². The SMILES string of the molecule is CCC(C)N(C)CCCCCCCCCS. The molecule has 0 aliphatic heterocycles. The van der Waals surface area contributed by atoms with E-state index in [1.807, 2.05) is 0 Å². The van der Waals surface area contributed by atoms with E-state index in [0.29, 0.717) is 0 Å². The lowest BCUT2D eigenvalue weighted by Gasteiger charge is -2.23. The van der Waals surface area contributed by atoms with Gasteiger partial charge in [-0.3, -0.25) is 0 Å². The highest BCUT2D eigenvalue weighted by Gasteiger charge is 2.04. The molecule has 98 valence electrons. The average molecular weight is 245 g/mol. The smallest absolute Gasteiger partial charge is 0.00612 e. The van der Waals surface area contributed by atoms with E-state index in [9.17, 15) is 0 Å². The summed E-state index contributed by atoms with van der Waals surface area (Å²) >= 11 is 4.22. The maximum atomic E-state index is 4.22. The minimum Gasteiger partial charge on any atom is -0.304 e. The second-order valence-electron chi connectivity index (χ2n) is 4.94. The number of thiol groups is 1. The van der Waals surface area contributed by atoms with Crippen LogP contribution in [-0.2, 0) is 0 Å². The van der Waals surface area contributed by atoms with Crippen LogP contribution in [0.25, 0.3) is 0 Å². The molecule has 0 aromatic heterocycles. The van der Waals surface area contributed by atoms with Gasteiger partial charge >= 0.3 is 0 Å². The number of rotatable bonds is 11. The van der Waals surface area contributed by atoms with E-state index in [2.05, 4.69) is 38.4 Å². The fourth-order valence-electron chi connectivity index (χ4n) is 1.89. The summed E-state index contributed by atoms with van der Waals surface area (Å²) in [4.78, 5) is 2.49. The first-order valence-electron chi connectivity index (χ1n) is 7.03. The van der Waals surface area contributed by atoms with Crippen molar-refractivity contribution in [1.82, 2.24) is 4.90 Å². The van der Waals surface area contributed by atoms with Gasteiger partial charge in [0, 0.05) is 6.04 Å². The van der Waals surface area contributed by atoms with Crippen molar-refractivity contribution in [2.24, 2.45) is 0 Å². The summed E-state index contributed by atoms with van der Waals surface area (Å²) in [5.74, 6) is 1.06. The van der Waals surface area contributed by atoms with Crippen molar-refractivity contribution in [3.05, 3.63) is 0 Å². The summed E-state index contributed by atoms with van der Waals surface area (Å²) in [7, 11) is 2.25. The topological polar surface area (TPSA) is 3.24 Å². The number of hydrogen-bond acceptors (Lipinski definition) is 2. The maximum Gasteiger partial charge on any atom is 0.00612 e. The first kappa shape index (κ1) is 16.3. The Kier molecular flexibility index (Phi) is 12.0. The first-order valence-corrected chi connectivity index (χ1v) is 7.66. The lowest BCUT2D eigenvalue weighted by Crippen LogP contribution is -2.29.